The van der Waals surface area contributed by atoms with Gasteiger partial charge in [0, 0.05) is 25.2 Å². The minimum atomic E-state index is -0.0580. The van der Waals surface area contributed by atoms with Gasteiger partial charge in [-0.3, -0.25) is 9.69 Å². The van der Waals surface area contributed by atoms with Gasteiger partial charge >= 0.3 is 0 Å². The van der Waals surface area contributed by atoms with E-state index in [1.54, 1.807) is 0 Å². The number of carbonyl (C=O) groups is 1. The highest BCUT2D eigenvalue weighted by Gasteiger charge is 2.34. The maximum Gasteiger partial charge on any atom is 0.288 e. The molecular weight excluding hydrogens is 312 g/mol. The van der Waals surface area contributed by atoms with Gasteiger partial charge in [0.15, 0.2) is 5.76 Å². The van der Waals surface area contributed by atoms with Crippen molar-refractivity contribution in [3.05, 3.63) is 48.2 Å². The fraction of sp³-hybridized carbons (Fsp3) is 0.571. The molecule has 138 valence electrons. The van der Waals surface area contributed by atoms with E-state index < -0.39 is 0 Å². The van der Waals surface area contributed by atoms with Gasteiger partial charge in [-0.15, -0.1) is 0 Å². The fourth-order valence-electron chi connectivity index (χ4n) is 3.60. The smallest absolute Gasteiger partial charge is 0.288 e. The number of benzene rings is 1. The lowest BCUT2D eigenvalue weighted by Crippen LogP contribution is -2.59. The zero-order valence-electron chi connectivity index (χ0n) is 15.9. The lowest BCUT2D eigenvalue weighted by atomic mass is 10.1. The first kappa shape index (κ1) is 19.5. The van der Waals surface area contributed by atoms with Crippen molar-refractivity contribution in [2.45, 2.75) is 52.1 Å². The van der Waals surface area contributed by atoms with Crippen LogP contribution >= 0.6 is 0 Å². The van der Waals surface area contributed by atoms with Crippen molar-refractivity contribution in [3.8, 4) is 0 Å². The van der Waals surface area contributed by atoms with Crippen molar-refractivity contribution in [2.24, 2.45) is 0 Å². The molecular formula is C21H32N2O2. The Kier molecular flexibility index (Phi) is 7.51. The maximum absolute atomic E-state index is 12.6. The molecule has 1 aromatic rings. The summed E-state index contributed by atoms with van der Waals surface area (Å²) >= 11 is 0. The van der Waals surface area contributed by atoms with Crippen molar-refractivity contribution < 1.29 is 9.53 Å². The minimum Gasteiger partial charge on any atom is -0.488 e. The largest absolute Gasteiger partial charge is 0.488 e. The van der Waals surface area contributed by atoms with E-state index in [2.05, 4.69) is 55.7 Å². The zero-order chi connectivity index (χ0) is 18.2. The van der Waals surface area contributed by atoms with Crippen LogP contribution in [0.5, 0.6) is 0 Å². The van der Waals surface area contributed by atoms with Gasteiger partial charge < -0.3 is 9.64 Å². The van der Waals surface area contributed by atoms with E-state index >= 15 is 0 Å². The third kappa shape index (κ3) is 5.60. The molecule has 1 amide bonds. The van der Waals surface area contributed by atoms with Crippen LogP contribution < -0.4 is 0 Å². The van der Waals surface area contributed by atoms with Gasteiger partial charge in [0.2, 0.25) is 0 Å². The van der Waals surface area contributed by atoms with Gasteiger partial charge in [0.1, 0.15) is 0 Å². The summed E-state index contributed by atoms with van der Waals surface area (Å²) in [4.78, 5) is 17.0. The van der Waals surface area contributed by atoms with Crippen molar-refractivity contribution in [2.75, 3.05) is 26.2 Å². The highest BCUT2D eigenvalue weighted by molar-refractivity contribution is 5.91. The Bertz CT molecular complexity index is 546. The summed E-state index contributed by atoms with van der Waals surface area (Å²) in [5.74, 6) is 0.218. The highest BCUT2D eigenvalue weighted by Crippen LogP contribution is 2.19. The minimum absolute atomic E-state index is 0.0580. The van der Waals surface area contributed by atoms with Crippen LogP contribution in [-0.2, 0) is 16.0 Å². The highest BCUT2D eigenvalue weighted by atomic mass is 16.5. The molecule has 0 spiro atoms. The molecule has 2 atom stereocenters. The molecule has 1 saturated heterocycles. The van der Waals surface area contributed by atoms with Crippen LogP contribution in [0, 0.1) is 0 Å². The van der Waals surface area contributed by atoms with Gasteiger partial charge in [-0.05, 0) is 45.2 Å². The molecule has 0 N–H and O–H groups in total. The van der Waals surface area contributed by atoms with Crippen LogP contribution in [0.15, 0.2) is 42.7 Å². The predicted molar refractivity (Wildman–Crippen MR) is 102 cm³/mol. The van der Waals surface area contributed by atoms with E-state index in [9.17, 15) is 4.79 Å². The molecule has 0 saturated carbocycles. The van der Waals surface area contributed by atoms with Gasteiger partial charge in [0.05, 0.1) is 6.61 Å². The van der Waals surface area contributed by atoms with Gasteiger partial charge in [-0.1, -0.05) is 43.8 Å². The van der Waals surface area contributed by atoms with Crippen molar-refractivity contribution in [1.82, 2.24) is 9.80 Å². The number of hydrogen-bond donors (Lipinski definition) is 0. The van der Waals surface area contributed by atoms with Crippen LogP contribution in [-0.4, -0.2) is 54.0 Å². The maximum atomic E-state index is 12.6. The molecule has 0 aliphatic carbocycles. The normalized spacial score (nSPS) is 21.2. The van der Waals surface area contributed by atoms with Crippen LogP contribution in [0.1, 0.15) is 39.2 Å². The third-order valence-electron chi connectivity index (χ3n) is 4.73. The third-order valence-corrected chi connectivity index (χ3v) is 4.73. The standard InChI is InChI=1S/C21H32N2O2/c1-5-14-25-19(4)21(24)23-17(2)15-22(16-18(23)3)13-9-12-20-10-7-6-8-11-20/h6-8,10-11,17-18H,4-5,9,12-16H2,1-3H3. The Morgan fingerprint density at radius 3 is 2.44 bits per heavy atom. The Morgan fingerprint density at radius 2 is 1.84 bits per heavy atom. The lowest BCUT2D eigenvalue weighted by molar-refractivity contribution is -0.138. The molecule has 0 aromatic heterocycles. The second-order valence-electron chi connectivity index (χ2n) is 7.03. The Morgan fingerprint density at radius 1 is 1.20 bits per heavy atom. The number of amides is 1. The van der Waals surface area contributed by atoms with Crippen LogP contribution in [0.25, 0.3) is 0 Å². The van der Waals surface area contributed by atoms with E-state index in [0.717, 1.165) is 38.9 Å². The van der Waals surface area contributed by atoms with Gasteiger partial charge in [-0.25, -0.2) is 0 Å². The van der Waals surface area contributed by atoms with E-state index in [-0.39, 0.29) is 23.8 Å². The summed E-state index contributed by atoms with van der Waals surface area (Å²) < 4.78 is 5.44. The van der Waals surface area contributed by atoms with Crippen LogP contribution in [0.2, 0.25) is 0 Å². The quantitative estimate of drug-likeness (QED) is 0.535. The summed E-state index contributed by atoms with van der Waals surface area (Å²) in [6.45, 7) is 13.5. The number of piperazine rings is 1. The van der Waals surface area contributed by atoms with E-state index in [0.29, 0.717) is 6.61 Å². The molecule has 1 aromatic carbocycles. The fourth-order valence-corrected chi connectivity index (χ4v) is 3.60. The predicted octanol–water partition coefficient (Wildman–Crippen LogP) is 3.48. The molecule has 1 fully saturated rings. The second-order valence-corrected chi connectivity index (χ2v) is 7.03. The molecule has 1 aliphatic heterocycles. The first-order valence-electron chi connectivity index (χ1n) is 9.43. The summed E-state index contributed by atoms with van der Waals surface area (Å²) in [6.07, 6.45) is 3.13. The van der Waals surface area contributed by atoms with E-state index in [1.165, 1.54) is 5.56 Å². The summed E-state index contributed by atoms with van der Waals surface area (Å²) in [5, 5.41) is 0. The number of ether oxygens (including phenoxy) is 1. The molecule has 2 unspecified atom stereocenters. The lowest BCUT2D eigenvalue weighted by Gasteiger charge is -2.44. The molecule has 4 nitrogen and oxygen atoms in total. The van der Waals surface area contributed by atoms with E-state index in [4.69, 9.17) is 4.74 Å². The number of carbonyl (C=O) groups excluding carboxylic acids is 1. The molecule has 1 heterocycles. The SMILES string of the molecule is C=C(OCCC)C(=O)N1C(C)CN(CCCc2ccccc2)CC1C. The number of hydrogen-bond acceptors (Lipinski definition) is 3. The number of rotatable bonds is 8. The van der Waals surface area contributed by atoms with Crippen molar-refractivity contribution in [3.63, 3.8) is 0 Å². The monoisotopic (exact) mass is 344 g/mol. The van der Waals surface area contributed by atoms with E-state index in [1.807, 2.05) is 11.8 Å². The molecule has 1 aliphatic rings. The Labute approximate surface area is 152 Å². The Balaban J connectivity index is 1.82. The first-order valence-corrected chi connectivity index (χ1v) is 9.43. The summed E-state index contributed by atoms with van der Waals surface area (Å²) in [6, 6.07) is 11.0. The van der Waals surface area contributed by atoms with Crippen LogP contribution in [0.4, 0.5) is 0 Å². The first-order chi connectivity index (χ1) is 12.0. The molecule has 25 heavy (non-hydrogen) atoms. The summed E-state index contributed by atoms with van der Waals surface area (Å²) in [7, 11) is 0. The number of aryl methyl sites for hydroxylation is 1. The van der Waals surface area contributed by atoms with Gasteiger partial charge in [-0.2, -0.15) is 0 Å². The Hall–Kier alpha value is -1.81. The van der Waals surface area contributed by atoms with Crippen molar-refractivity contribution in [1.29, 1.82) is 0 Å². The summed E-state index contributed by atoms with van der Waals surface area (Å²) in [5.41, 5.74) is 1.39. The average molecular weight is 344 g/mol. The topological polar surface area (TPSA) is 32.8 Å². The average Bonchev–Trinajstić information content (AvgIpc) is 2.60. The molecule has 0 bridgehead atoms. The molecule has 0 radical (unpaired) electrons. The number of nitrogens with zero attached hydrogens (tertiary/aromatic N) is 2. The van der Waals surface area contributed by atoms with Crippen molar-refractivity contribution >= 4 is 5.91 Å². The molecule has 4 heteroatoms. The van der Waals surface area contributed by atoms with Crippen LogP contribution in [0.3, 0.4) is 0 Å². The molecule has 2 rings (SSSR count). The van der Waals surface area contributed by atoms with Gasteiger partial charge in [0.25, 0.3) is 5.91 Å². The second kappa shape index (κ2) is 9.62. The zero-order valence-corrected chi connectivity index (χ0v) is 15.9.